The van der Waals surface area contributed by atoms with Crippen molar-refractivity contribution < 1.29 is 23.8 Å². The van der Waals surface area contributed by atoms with E-state index in [1.54, 1.807) is 14.2 Å². The van der Waals surface area contributed by atoms with E-state index in [1.165, 1.54) is 0 Å². The molecule has 3 aromatic rings. The van der Waals surface area contributed by atoms with Crippen LogP contribution in [0, 0.1) is 0 Å². The summed E-state index contributed by atoms with van der Waals surface area (Å²) in [4.78, 5) is 27.9. The van der Waals surface area contributed by atoms with E-state index < -0.39 is 5.92 Å². The fourth-order valence-corrected chi connectivity index (χ4v) is 6.69. The predicted octanol–water partition coefficient (Wildman–Crippen LogP) is 6.70. The first kappa shape index (κ1) is 26.2. The maximum Gasteiger partial charge on any atom is 0.337 e. The summed E-state index contributed by atoms with van der Waals surface area (Å²) in [5, 5.41) is 5.60. The summed E-state index contributed by atoms with van der Waals surface area (Å²) >= 11 is 0. The van der Waals surface area contributed by atoms with E-state index in [0.717, 1.165) is 59.0 Å². The number of methoxy groups -OCH3 is 2. The normalized spacial score (nSPS) is 21.3. The minimum Gasteiger partial charge on any atom is -0.493 e. The molecule has 1 saturated carbocycles. The molecule has 2 atom stereocenters. The molecule has 1 heterocycles. The number of Topliss-reactive ketones (excluding diaryl/α,β-unsaturated/α-hetero) is 1. The van der Waals surface area contributed by atoms with Gasteiger partial charge in [0.25, 0.3) is 0 Å². The van der Waals surface area contributed by atoms with Crippen molar-refractivity contribution in [2.45, 2.75) is 63.4 Å². The van der Waals surface area contributed by atoms with E-state index in [-0.39, 0.29) is 23.8 Å². The summed E-state index contributed by atoms with van der Waals surface area (Å²) in [6.07, 6.45) is 4.88. The Morgan fingerprint density at radius 2 is 1.65 bits per heavy atom. The number of ketones is 1. The van der Waals surface area contributed by atoms with E-state index in [9.17, 15) is 9.59 Å². The average Bonchev–Trinajstić information content (AvgIpc) is 3.48. The Hall–Kier alpha value is -4.06. The maximum atomic E-state index is 14.1. The van der Waals surface area contributed by atoms with Crippen LogP contribution in [0.25, 0.3) is 10.8 Å². The smallest absolute Gasteiger partial charge is 0.337 e. The minimum absolute atomic E-state index is 0.0217. The lowest BCUT2D eigenvalue weighted by Gasteiger charge is -2.37. The van der Waals surface area contributed by atoms with Gasteiger partial charge in [-0.25, -0.2) is 4.79 Å². The van der Waals surface area contributed by atoms with Crippen LogP contribution in [-0.4, -0.2) is 32.1 Å². The number of benzene rings is 3. The van der Waals surface area contributed by atoms with Gasteiger partial charge in [0.05, 0.1) is 19.8 Å². The Kier molecular flexibility index (Phi) is 7.09. The van der Waals surface area contributed by atoms with Crippen LogP contribution in [0.4, 0.5) is 0 Å². The van der Waals surface area contributed by atoms with Crippen molar-refractivity contribution in [3.8, 4) is 11.5 Å². The molecule has 6 nitrogen and oxygen atoms in total. The van der Waals surface area contributed by atoms with Crippen molar-refractivity contribution in [1.29, 1.82) is 0 Å². The predicted molar refractivity (Wildman–Crippen MR) is 154 cm³/mol. The molecule has 6 heteroatoms. The summed E-state index contributed by atoms with van der Waals surface area (Å²) in [7, 11) is 3.23. The molecule has 0 amide bonds. The third-order valence-electron chi connectivity index (χ3n) is 8.64. The van der Waals surface area contributed by atoms with Crippen LogP contribution < -0.4 is 14.8 Å². The molecule has 3 aromatic carbocycles. The Morgan fingerprint density at radius 3 is 2.42 bits per heavy atom. The highest BCUT2D eigenvalue weighted by molar-refractivity contribution is 6.05. The maximum absolute atomic E-state index is 14.1. The molecule has 2 aliphatic carbocycles. The molecule has 1 fully saturated rings. The number of ether oxygens (including phenoxy) is 3. The van der Waals surface area contributed by atoms with Crippen LogP contribution in [0.5, 0.6) is 11.5 Å². The molecule has 1 aliphatic heterocycles. The summed E-state index contributed by atoms with van der Waals surface area (Å²) in [5.74, 6) is 0.512. The topological polar surface area (TPSA) is 73.9 Å². The molecular formula is C34H35NO5. The van der Waals surface area contributed by atoms with Gasteiger partial charge >= 0.3 is 5.97 Å². The van der Waals surface area contributed by atoms with Crippen molar-refractivity contribution >= 4 is 22.5 Å². The van der Waals surface area contributed by atoms with Crippen molar-refractivity contribution in [2.75, 3.05) is 14.2 Å². The first-order valence-corrected chi connectivity index (χ1v) is 14.1. The van der Waals surface area contributed by atoms with Crippen LogP contribution in [0.3, 0.4) is 0 Å². The van der Waals surface area contributed by atoms with E-state index in [0.29, 0.717) is 35.5 Å². The second-order valence-corrected chi connectivity index (χ2v) is 11.0. The van der Waals surface area contributed by atoms with E-state index in [4.69, 9.17) is 14.2 Å². The number of esters is 1. The Balaban J connectivity index is 1.44. The minimum atomic E-state index is -0.491. The third-order valence-corrected chi connectivity index (χ3v) is 8.64. The van der Waals surface area contributed by atoms with E-state index in [2.05, 4.69) is 23.5 Å². The lowest BCUT2D eigenvalue weighted by atomic mass is 9.71. The zero-order valence-corrected chi connectivity index (χ0v) is 23.3. The van der Waals surface area contributed by atoms with Gasteiger partial charge in [-0.2, -0.15) is 0 Å². The number of carbonyl (C=O) groups excluding carboxylic acids is 2. The zero-order valence-electron chi connectivity index (χ0n) is 23.3. The monoisotopic (exact) mass is 537 g/mol. The molecule has 2 unspecified atom stereocenters. The second kappa shape index (κ2) is 10.8. The van der Waals surface area contributed by atoms with Gasteiger partial charge < -0.3 is 19.5 Å². The molecule has 0 radical (unpaired) electrons. The van der Waals surface area contributed by atoms with Crippen LogP contribution in [0.2, 0.25) is 0 Å². The van der Waals surface area contributed by atoms with Crippen LogP contribution in [0.15, 0.2) is 83.2 Å². The zero-order chi connectivity index (χ0) is 27.8. The standard InChI is InChI=1S/C34H35NO5/c1-20-31(34(37)40-24-11-5-6-12-24)32(26-14-8-10-21-9-4-7-13-25(21)26)33-27(35-20)17-23(18-28(33)36)22-15-16-29(38-2)30(19-22)39-3/h4,7-10,13-16,19,23-24,32,35H,5-6,11-12,17-18H2,1-3H3. The average molecular weight is 538 g/mol. The summed E-state index contributed by atoms with van der Waals surface area (Å²) in [5.41, 5.74) is 4.83. The molecule has 0 spiro atoms. The number of rotatable bonds is 6. The van der Waals surface area contributed by atoms with E-state index in [1.807, 2.05) is 49.4 Å². The molecule has 3 aliphatic rings. The molecule has 0 saturated heterocycles. The number of allylic oxidation sites excluding steroid dienone is 3. The molecule has 6 rings (SSSR count). The van der Waals surface area contributed by atoms with Gasteiger partial charge in [-0.05, 0) is 79.0 Å². The van der Waals surface area contributed by atoms with Crippen molar-refractivity contribution in [1.82, 2.24) is 5.32 Å². The van der Waals surface area contributed by atoms with Crippen LogP contribution >= 0.6 is 0 Å². The largest absolute Gasteiger partial charge is 0.493 e. The number of dihydropyridines is 1. The first-order valence-electron chi connectivity index (χ1n) is 14.1. The Morgan fingerprint density at radius 1 is 0.900 bits per heavy atom. The summed E-state index contributed by atoms with van der Waals surface area (Å²) in [6.45, 7) is 1.93. The van der Waals surface area contributed by atoms with Gasteiger partial charge in [-0.15, -0.1) is 0 Å². The van der Waals surface area contributed by atoms with Crippen LogP contribution in [0.1, 0.15) is 68.4 Å². The van der Waals surface area contributed by atoms with Crippen molar-refractivity contribution in [3.63, 3.8) is 0 Å². The highest BCUT2D eigenvalue weighted by Gasteiger charge is 2.42. The highest BCUT2D eigenvalue weighted by atomic mass is 16.5. The first-order chi connectivity index (χ1) is 19.5. The third kappa shape index (κ3) is 4.66. The van der Waals surface area contributed by atoms with Gasteiger partial charge in [-0.3, -0.25) is 4.79 Å². The Bertz CT molecular complexity index is 1540. The fraction of sp³-hybridized carbons (Fsp3) is 0.353. The number of hydrogen-bond donors (Lipinski definition) is 1. The SMILES string of the molecule is COc1ccc(C2CC(=O)C3=C(C2)NC(C)=C(C(=O)OC2CCCC2)C3c2cccc3ccccc23)cc1OC. The van der Waals surface area contributed by atoms with Crippen LogP contribution in [-0.2, 0) is 14.3 Å². The number of nitrogens with one attached hydrogen (secondary N) is 1. The second-order valence-electron chi connectivity index (χ2n) is 11.0. The fourth-order valence-electron chi connectivity index (χ4n) is 6.69. The number of fused-ring (bicyclic) bond motifs is 1. The van der Waals surface area contributed by atoms with Gasteiger partial charge in [-0.1, -0.05) is 48.5 Å². The lowest BCUT2D eigenvalue weighted by molar-refractivity contribution is -0.144. The quantitative estimate of drug-likeness (QED) is 0.353. The highest BCUT2D eigenvalue weighted by Crippen LogP contribution is 2.48. The van der Waals surface area contributed by atoms with E-state index >= 15 is 0 Å². The Labute approximate surface area is 235 Å². The van der Waals surface area contributed by atoms with Crippen molar-refractivity contribution in [3.05, 3.63) is 94.3 Å². The molecule has 206 valence electrons. The molecule has 0 aromatic heterocycles. The summed E-state index contributed by atoms with van der Waals surface area (Å²) in [6, 6.07) is 20.1. The molecule has 0 bridgehead atoms. The number of hydrogen-bond acceptors (Lipinski definition) is 6. The van der Waals surface area contributed by atoms with Gasteiger partial charge in [0.15, 0.2) is 17.3 Å². The van der Waals surface area contributed by atoms with Crippen molar-refractivity contribution in [2.24, 2.45) is 0 Å². The van der Waals surface area contributed by atoms with Gasteiger partial charge in [0.2, 0.25) is 0 Å². The molecule has 1 N–H and O–H groups in total. The molecule has 40 heavy (non-hydrogen) atoms. The summed E-state index contributed by atoms with van der Waals surface area (Å²) < 4.78 is 17.0. The lowest BCUT2D eigenvalue weighted by Crippen LogP contribution is -2.36. The van der Waals surface area contributed by atoms with Gasteiger partial charge in [0, 0.05) is 29.3 Å². The van der Waals surface area contributed by atoms with Gasteiger partial charge in [0.1, 0.15) is 6.10 Å². The number of carbonyl (C=O) groups is 2. The molecular weight excluding hydrogens is 502 g/mol.